The van der Waals surface area contributed by atoms with Crippen LogP contribution in [-0.2, 0) is 10.0 Å². The number of aromatic nitrogens is 2. The molecule has 2 rings (SSSR count). The number of halogens is 1. The lowest BCUT2D eigenvalue weighted by atomic mass is 10.3. The maximum absolute atomic E-state index is 12.0. The number of rotatable bonds is 3. The van der Waals surface area contributed by atoms with Gasteiger partial charge >= 0.3 is 0 Å². The molecule has 0 bridgehead atoms. The van der Waals surface area contributed by atoms with Crippen molar-refractivity contribution < 1.29 is 8.42 Å². The van der Waals surface area contributed by atoms with Crippen molar-refractivity contribution >= 4 is 43.8 Å². The molecule has 6 nitrogen and oxygen atoms in total. The fourth-order valence-corrected chi connectivity index (χ4v) is 3.17. The number of sulfonamides is 1. The van der Waals surface area contributed by atoms with E-state index in [4.69, 9.17) is 17.3 Å². The van der Waals surface area contributed by atoms with Crippen molar-refractivity contribution in [1.82, 2.24) is 10.2 Å². The molecule has 0 aliphatic heterocycles. The van der Waals surface area contributed by atoms with Crippen LogP contribution in [0.3, 0.4) is 0 Å². The van der Waals surface area contributed by atoms with Gasteiger partial charge in [-0.05, 0) is 25.1 Å². The summed E-state index contributed by atoms with van der Waals surface area (Å²) in [5.74, 6) is 0. The number of nitrogens with one attached hydrogen (secondary N) is 1. The molecule has 0 aliphatic rings. The van der Waals surface area contributed by atoms with Crippen LogP contribution in [0.5, 0.6) is 0 Å². The van der Waals surface area contributed by atoms with Crippen LogP contribution in [0.25, 0.3) is 0 Å². The normalized spacial score (nSPS) is 11.4. The number of nitrogen functional groups attached to an aromatic ring is 1. The molecule has 96 valence electrons. The van der Waals surface area contributed by atoms with Gasteiger partial charge in [0.2, 0.25) is 5.13 Å². The Labute approximate surface area is 113 Å². The molecule has 0 radical (unpaired) electrons. The second-order valence-electron chi connectivity index (χ2n) is 3.42. The van der Waals surface area contributed by atoms with Gasteiger partial charge in [0.15, 0.2) is 0 Å². The Morgan fingerprint density at radius 2 is 2.11 bits per heavy atom. The number of aryl methyl sites for hydroxylation is 1. The van der Waals surface area contributed by atoms with Crippen LogP contribution >= 0.6 is 22.9 Å². The largest absolute Gasteiger partial charge is 0.397 e. The van der Waals surface area contributed by atoms with Crippen LogP contribution < -0.4 is 10.5 Å². The SMILES string of the molecule is Cc1nnc(NS(=O)(=O)c2ccc(Cl)c(N)c2)s1. The highest BCUT2D eigenvalue weighted by Crippen LogP contribution is 2.24. The Morgan fingerprint density at radius 1 is 1.39 bits per heavy atom. The van der Waals surface area contributed by atoms with Crippen LogP contribution in [0, 0.1) is 6.92 Å². The number of nitrogens with two attached hydrogens (primary N) is 1. The van der Waals surface area contributed by atoms with Gasteiger partial charge in [0.05, 0.1) is 15.6 Å². The van der Waals surface area contributed by atoms with Crippen molar-refractivity contribution in [2.24, 2.45) is 0 Å². The van der Waals surface area contributed by atoms with Crippen molar-refractivity contribution in [1.29, 1.82) is 0 Å². The summed E-state index contributed by atoms with van der Waals surface area (Å²) in [4.78, 5) is 0.0252. The Hall–Kier alpha value is -1.38. The third kappa shape index (κ3) is 2.71. The Morgan fingerprint density at radius 3 is 2.67 bits per heavy atom. The molecule has 2 aromatic rings. The molecule has 0 amide bonds. The van der Waals surface area contributed by atoms with Gasteiger partial charge in [-0.1, -0.05) is 22.9 Å². The van der Waals surface area contributed by atoms with Gasteiger partial charge < -0.3 is 5.73 Å². The summed E-state index contributed by atoms with van der Waals surface area (Å²) in [5.41, 5.74) is 5.77. The number of hydrogen-bond acceptors (Lipinski definition) is 6. The van der Waals surface area contributed by atoms with E-state index in [1.54, 1.807) is 6.92 Å². The van der Waals surface area contributed by atoms with Crippen LogP contribution in [0.1, 0.15) is 5.01 Å². The fraction of sp³-hybridized carbons (Fsp3) is 0.111. The molecular formula is C9H9ClN4O2S2. The lowest BCUT2D eigenvalue weighted by Gasteiger charge is -2.06. The Bertz CT molecular complexity index is 684. The highest BCUT2D eigenvalue weighted by atomic mass is 35.5. The van der Waals surface area contributed by atoms with E-state index in [0.717, 1.165) is 11.3 Å². The summed E-state index contributed by atoms with van der Waals surface area (Å²) >= 11 is 6.88. The molecule has 18 heavy (non-hydrogen) atoms. The Balaban J connectivity index is 2.33. The van der Waals surface area contributed by atoms with Crippen molar-refractivity contribution in [3.63, 3.8) is 0 Å². The van der Waals surface area contributed by atoms with Gasteiger partial charge in [0.1, 0.15) is 5.01 Å². The zero-order valence-electron chi connectivity index (χ0n) is 9.21. The first-order valence-corrected chi connectivity index (χ1v) is 7.44. The van der Waals surface area contributed by atoms with E-state index < -0.39 is 10.0 Å². The first-order chi connectivity index (χ1) is 8.38. The average Bonchev–Trinajstić information content (AvgIpc) is 2.67. The van der Waals surface area contributed by atoms with E-state index >= 15 is 0 Å². The number of anilines is 2. The topological polar surface area (TPSA) is 98.0 Å². The standard InChI is InChI=1S/C9H9ClN4O2S2/c1-5-12-13-9(17-5)14-18(15,16)6-2-3-7(10)8(11)4-6/h2-4H,11H2,1H3,(H,13,14). The molecule has 0 aliphatic carbocycles. The van der Waals surface area contributed by atoms with E-state index in [-0.39, 0.29) is 15.7 Å². The van der Waals surface area contributed by atoms with Crippen LogP contribution in [-0.4, -0.2) is 18.6 Å². The van der Waals surface area contributed by atoms with E-state index in [1.807, 2.05) is 0 Å². The fourth-order valence-electron chi connectivity index (χ4n) is 1.20. The second-order valence-corrected chi connectivity index (χ2v) is 6.69. The van der Waals surface area contributed by atoms with Gasteiger partial charge in [-0.2, -0.15) is 0 Å². The molecule has 1 aromatic carbocycles. The molecule has 0 saturated heterocycles. The first-order valence-electron chi connectivity index (χ1n) is 4.76. The van der Waals surface area contributed by atoms with Crippen LogP contribution in [0.4, 0.5) is 10.8 Å². The Kier molecular flexibility index (Phi) is 3.42. The molecule has 1 aromatic heterocycles. The third-order valence-electron chi connectivity index (χ3n) is 2.03. The average molecular weight is 305 g/mol. The minimum absolute atomic E-state index is 0.0252. The minimum atomic E-state index is -3.72. The number of benzene rings is 1. The first kappa shape index (κ1) is 13.1. The molecular weight excluding hydrogens is 296 g/mol. The molecule has 0 atom stereocenters. The highest BCUT2D eigenvalue weighted by molar-refractivity contribution is 7.93. The molecule has 0 unspecified atom stereocenters. The van der Waals surface area contributed by atoms with Crippen molar-refractivity contribution in [3.8, 4) is 0 Å². The molecule has 0 fully saturated rings. The predicted octanol–water partition coefficient (Wildman–Crippen LogP) is 1.88. The molecule has 0 saturated carbocycles. The number of hydrogen-bond donors (Lipinski definition) is 2. The van der Waals surface area contributed by atoms with Gasteiger partial charge in [-0.3, -0.25) is 4.72 Å². The van der Waals surface area contributed by atoms with Crippen molar-refractivity contribution in [2.75, 3.05) is 10.5 Å². The molecule has 3 N–H and O–H groups in total. The summed E-state index contributed by atoms with van der Waals surface area (Å²) in [6.07, 6.45) is 0. The van der Waals surface area contributed by atoms with Gasteiger partial charge in [-0.15, -0.1) is 10.2 Å². The minimum Gasteiger partial charge on any atom is -0.397 e. The van der Waals surface area contributed by atoms with Crippen LogP contribution in [0.2, 0.25) is 5.02 Å². The smallest absolute Gasteiger partial charge is 0.263 e. The summed E-state index contributed by atoms with van der Waals surface area (Å²) < 4.78 is 26.3. The van der Waals surface area contributed by atoms with Gasteiger partial charge in [0.25, 0.3) is 10.0 Å². The van der Waals surface area contributed by atoms with E-state index in [0.29, 0.717) is 10.0 Å². The molecule has 1 heterocycles. The maximum atomic E-state index is 12.0. The van der Waals surface area contributed by atoms with Gasteiger partial charge in [0, 0.05) is 0 Å². The summed E-state index contributed by atoms with van der Waals surface area (Å²) in [6, 6.07) is 4.09. The van der Waals surface area contributed by atoms with Crippen molar-refractivity contribution in [2.45, 2.75) is 11.8 Å². The molecule has 9 heteroatoms. The highest BCUT2D eigenvalue weighted by Gasteiger charge is 2.17. The monoisotopic (exact) mass is 304 g/mol. The molecule has 0 spiro atoms. The van der Waals surface area contributed by atoms with Gasteiger partial charge in [-0.25, -0.2) is 8.42 Å². The van der Waals surface area contributed by atoms with Crippen LogP contribution in [0.15, 0.2) is 23.1 Å². The lowest BCUT2D eigenvalue weighted by Crippen LogP contribution is -2.13. The number of nitrogens with zero attached hydrogens (tertiary/aromatic N) is 2. The lowest BCUT2D eigenvalue weighted by molar-refractivity contribution is 0.601. The van der Waals surface area contributed by atoms with E-state index in [2.05, 4.69) is 14.9 Å². The maximum Gasteiger partial charge on any atom is 0.263 e. The third-order valence-corrected chi connectivity index (χ3v) is 4.59. The van der Waals surface area contributed by atoms with Crippen molar-refractivity contribution in [3.05, 3.63) is 28.2 Å². The summed E-state index contributed by atoms with van der Waals surface area (Å²) in [6.45, 7) is 1.73. The van der Waals surface area contributed by atoms with E-state index in [9.17, 15) is 8.42 Å². The second kappa shape index (κ2) is 4.71. The summed E-state index contributed by atoms with van der Waals surface area (Å²) in [5, 5.41) is 8.59. The predicted molar refractivity (Wildman–Crippen MR) is 71.3 cm³/mol. The quantitative estimate of drug-likeness (QED) is 0.844. The zero-order valence-corrected chi connectivity index (χ0v) is 11.6. The van der Waals surface area contributed by atoms with E-state index in [1.165, 1.54) is 18.2 Å². The summed E-state index contributed by atoms with van der Waals surface area (Å²) in [7, 11) is -3.72. The zero-order chi connectivity index (χ0) is 13.3.